The van der Waals surface area contributed by atoms with Crippen molar-refractivity contribution in [3.8, 4) is 0 Å². The summed E-state index contributed by atoms with van der Waals surface area (Å²) in [7, 11) is -3.37. The Balaban J connectivity index is 0.00000261. The predicted molar refractivity (Wildman–Crippen MR) is 115 cm³/mol. The van der Waals surface area contributed by atoms with Gasteiger partial charge in [-0.1, -0.05) is 24.3 Å². The third kappa shape index (κ3) is 6.28. The van der Waals surface area contributed by atoms with Gasteiger partial charge >= 0.3 is 0 Å². The molecule has 2 aliphatic rings. The molecule has 0 spiro atoms. The van der Waals surface area contributed by atoms with E-state index in [1.807, 2.05) is 29.2 Å². The Morgan fingerprint density at radius 2 is 1.56 bits per heavy atom. The summed E-state index contributed by atoms with van der Waals surface area (Å²) >= 11 is 0. The van der Waals surface area contributed by atoms with Crippen LogP contribution in [0.1, 0.15) is 11.1 Å². The molecule has 1 aromatic carbocycles. The van der Waals surface area contributed by atoms with Gasteiger partial charge in [0, 0.05) is 26.2 Å². The number of morpholine rings is 2. The van der Waals surface area contributed by atoms with Gasteiger partial charge in [-0.05, 0) is 11.1 Å². The molecule has 0 bridgehead atoms. The minimum atomic E-state index is -3.37. The third-order valence-electron chi connectivity index (χ3n) is 4.57. The normalized spacial score (nSPS) is 19.6. The maximum Gasteiger partial charge on any atom is 0.218 e. The van der Waals surface area contributed by atoms with Crippen molar-refractivity contribution in [2.75, 3.05) is 52.6 Å². The minimum absolute atomic E-state index is 0. The van der Waals surface area contributed by atoms with E-state index in [9.17, 15) is 8.42 Å². The predicted octanol–water partition coefficient (Wildman–Crippen LogP) is 0.614. The molecule has 3 rings (SSSR count). The molecule has 10 heteroatoms. The smallest absolute Gasteiger partial charge is 0.218 e. The van der Waals surface area contributed by atoms with Crippen molar-refractivity contribution in [2.24, 2.45) is 10.7 Å². The minimum Gasteiger partial charge on any atom is -0.379 e. The first-order chi connectivity index (χ1) is 12.6. The highest BCUT2D eigenvalue weighted by atomic mass is 127. The lowest BCUT2D eigenvalue weighted by Gasteiger charge is -2.27. The molecule has 0 aromatic heterocycles. The molecule has 0 amide bonds. The molecule has 0 atom stereocenters. The monoisotopic (exact) mass is 510 g/mol. The molecule has 152 valence electrons. The summed E-state index contributed by atoms with van der Waals surface area (Å²) in [5.41, 5.74) is 7.71. The van der Waals surface area contributed by atoms with E-state index in [1.54, 1.807) is 0 Å². The van der Waals surface area contributed by atoms with Crippen LogP contribution in [-0.4, -0.2) is 76.2 Å². The van der Waals surface area contributed by atoms with Gasteiger partial charge in [0.05, 0.1) is 38.7 Å². The Kier molecular flexibility index (Phi) is 8.73. The molecule has 8 nitrogen and oxygen atoms in total. The van der Waals surface area contributed by atoms with E-state index >= 15 is 0 Å². The fourth-order valence-corrected chi connectivity index (χ4v) is 4.59. The molecule has 2 heterocycles. The van der Waals surface area contributed by atoms with Crippen LogP contribution in [0.3, 0.4) is 0 Å². The Labute approximate surface area is 177 Å². The fraction of sp³-hybridized carbons (Fsp3) is 0.588. The molecule has 27 heavy (non-hydrogen) atoms. The largest absolute Gasteiger partial charge is 0.379 e. The summed E-state index contributed by atoms with van der Waals surface area (Å²) in [6, 6.07) is 7.48. The SMILES string of the molecule is I.NC(=NCc1ccccc1CS(=O)(=O)N1CCOCC1)N1CCOCC1. The van der Waals surface area contributed by atoms with Crippen LogP contribution in [0, 0.1) is 0 Å². The summed E-state index contributed by atoms with van der Waals surface area (Å²) in [6.45, 7) is 4.81. The van der Waals surface area contributed by atoms with Crippen LogP contribution in [0.4, 0.5) is 0 Å². The first kappa shape index (κ1) is 22.3. The summed E-state index contributed by atoms with van der Waals surface area (Å²) in [6.07, 6.45) is 0. The average molecular weight is 510 g/mol. The summed E-state index contributed by atoms with van der Waals surface area (Å²) in [4.78, 5) is 6.44. The number of hydrogen-bond acceptors (Lipinski definition) is 5. The molecule has 0 radical (unpaired) electrons. The first-order valence-electron chi connectivity index (χ1n) is 8.81. The van der Waals surface area contributed by atoms with Crippen molar-refractivity contribution in [3.05, 3.63) is 35.4 Å². The summed E-state index contributed by atoms with van der Waals surface area (Å²) < 4.78 is 37.4. The van der Waals surface area contributed by atoms with E-state index in [4.69, 9.17) is 15.2 Å². The third-order valence-corrected chi connectivity index (χ3v) is 6.39. The van der Waals surface area contributed by atoms with E-state index in [0.29, 0.717) is 52.0 Å². The van der Waals surface area contributed by atoms with Crippen LogP contribution in [0.2, 0.25) is 0 Å². The molecule has 1 aromatic rings. The Morgan fingerprint density at radius 3 is 2.19 bits per heavy atom. The topological polar surface area (TPSA) is 97.5 Å². The van der Waals surface area contributed by atoms with Gasteiger partial charge in [-0.2, -0.15) is 4.31 Å². The number of benzene rings is 1. The van der Waals surface area contributed by atoms with Gasteiger partial charge in [0.25, 0.3) is 0 Å². The highest BCUT2D eigenvalue weighted by Gasteiger charge is 2.25. The van der Waals surface area contributed by atoms with Crippen LogP contribution >= 0.6 is 24.0 Å². The van der Waals surface area contributed by atoms with Gasteiger partial charge in [-0.25, -0.2) is 13.4 Å². The molecule has 2 aliphatic heterocycles. The van der Waals surface area contributed by atoms with Crippen LogP contribution in [-0.2, 0) is 31.8 Å². The Bertz CT molecular complexity index is 732. The number of rotatable bonds is 5. The summed E-state index contributed by atoms with van der Waals surface area (Å²) in [5, 5.41) is 0. The molecule has 0 aliphatic carbocycles. The maximum absolute atomic E-state index is 12.7. The van der Waals surface area contributed by atoms with Crippen LogP contribution in [0.5, 0.6) is 0 Å². The van der Waals surface area contributed by atoms with Crippen molar-refractivity contribution in [2.45, 2.75) is 12.3 Å². The van der Waals surface area contributed by atoms with Crippen LogP contribution in [0.15, 0.2) is 29.3 Å². The molecular formula is C17H27IN4O4S. The number of nitrogens with zero attached hydrogens (tertiary/aromatic N) is 3. The second kappa shape index (κ2) is 10.6. The van der Waals surface area contributed by atoms with E-state index in [-0.39, 0.29) is 29.7 Å². The van der Waals surface area contributed by atoms with Gasteiger partial charge in [0.15, 0.2) is 5.96 Å². The zero-order chi connectivity index (χ0) is 18.4. The van der Waals surface area contributed by atoms with Crippen molar-refractivity contribution < 1.29 is 17.9 Å². The molecule has 2 N–H and O–H groups in total. The number of ether oxygens (including phenoxy) is 2. The van der Waals surface area contributed by atoms with Crippen LogP contribution in [0.25, 0.3) is 0 Å². The van der Waals surface area contributed by atoms with Crippen molar-refractivity contribution in [3.63, 3.8) is 0 Å². The highest BCUT2D eigenvalue weighted by molar-refractivity contribution is 14.0. The van der Waals surface area contributed by atoms with Crippen LogP contribution < -0.4 is 5.73 Å². The second-order valence-electron chi connectivity index (χ2n) is 6.31. The number of guanidine groups is 1. The van der Waals surface area contributed by atoms with E-state index < -0.39 is 10.0 Å². The lowest BCUT2D eigenvalue weighted by atomic mass is 10.1. The molecular weight excluding hydrogens is 483 g/mol. The van der Waals surface area contributed by atoms with E-state index in [2.05, 4.69) is 4.99 Å². The lowest BCUT2D eigenvalue weighted by Crippen LogP contribution is -2.44. The zero-order valence-electron chi connectivity index (χ0n) is 15.2. The second-order valence-corrected chi connectivity index (χ2v) is 8.28. The standard InChI is InChI=1S/C17H26N4O4S.HI/c18-17(20-5-9-24-10-6-20)19-13-15-3-1-2-4-16(15)14-26(22,23)21-7-11-25-12-8-21;/h1-4H,5-14H2,(H2,18,19);1H. The molecule has 2 fully saturated rings. The Morgan fingerprint density at radius 1 is 1.00 bits per heavy atom. The van der Waals surface area contributed by atoms with E-state index in [0.717, 1.165) is 24.2 Å². The molecule has 0 unspecified atom stereocenters. The Hall–Kier alpha value is -0.950. The maximum atomic E-state index is 12.7. The summed E-state index contributed by atoms with van der Waals surface area (Å²) in [5.74, 6) is 0.440. The fourth-order valence-electron chi connectivity index (χ4n) is 3.02. The number of aliphatic imine (C=N–C) groups is 1. The van der Waals surface area contributed by atoms with Crippen molar-refractivity contribution >= 4 is 40.0 Å². The number of hydrogen-bond donors (Lipinski definition) is 1. The number of sulfonamides is 1. The van der Waals surface area contributed by atoms with Crippen molar-refractivity contribution in [1.29, 1.82) is 0 Å². The van der Waals surface area contributed by atoms with Crippen molar-refractivity contribution in [1.82, 2.24) is 9.21 Å². The van der Waals surface area contributed by atoms with Gasteiger partial charge < -0.3 is 20.1 Å². The van der Waals surface area contributed by atoms with E-state index in [1.165, 1.54) is 4.31 Å². The average Bonchev–Trinajstić information content (AvgIpc) is 2.68. The molecule has 0 saturated carbocycles. The lowest BCUT2D eigenvalue weighted by molar-refractivity contribution is 0.0674. The molecule has 2 saturated heterocycles. The van der Waals surface area contributed by atoms with Gasteiger partial charge in [0.1, 0.15) is 0 Å². The van der Waals surface area contributed by atoms with Gasteiger partial charge in [-0.15, -0.1) is 24.0 Å². The van der Waals surface area contributed by atoms with Gasteiger partial charge in [0.2, 0.25) is 10.0 Å². The van der Waals surface area contributed by atoms with Gasteiger partial charge in [-0.3, -0.25) is 0 Å². The zero-order valence-corrected chi connectivity index (χ0v) is 18.4. The quantitative estimate of drug-likeness (QED) is 0.355. The number of nitrogens with two attached hydrogens (primary N) is 1. The number of halogens is 1. The first-order valence-corrected chi connectivity index (χ1v) is 10.4. The highest BCUT2D eigenvalue weighted by Crippen LogP contribution is 2.17.